The molecule has 1 aromatic heterocycles. The van der Waals surface area contributed by atoms with Gasteiger partial charge in [0.05, 0.1) is 5.01 Å². The number of hydrogen-bond acceptors (Lipinski definition) is 5. The summed E-state index contributed by atoms with van der Waals surface area (Å²) >= 11 is 7.24. The molecule has 8 heteroatoms. The third-order valence-electron chi connectivity index (χ3n) is 3.37. The van der Waals surface area contributed by atoms with Crippen LogP contribution in [-0.2, 0) is 11.2 Å². The molecule has 134 valence electrons. The summed E-state index contributed by atoms with van der Waals surface area (Å²) in [7, 11) is 0. The fraction of sp³-hybridized carbons (Fsp3) is 0.353. The Morgan fingerprint density at radius 2 is 2.04 bits per heavy atom. The highest BCUT2D eigenvalue weighted by atomic mass is 35.5. The smallest absolute Gasteiger partial charge is 0.273 e. The average molecular weight is 381 g/mol. The second-order valence-electron chi connectivity index (χ2n) is 5.45. The lowest BCUT2D eigenvalue weighted by molar-refractivity contribution is -0.116. The van der Waals surface area contributed by atoms with Crippen LogP contribution >= 0.6 is 22.9 Å². The van der Waals surface area contributed by atoms with Crippen LogP contribution in [0.1, 0.15) is 28.8 Å². The third-order valence-corrected chi connectivity index (χ3v) is 4.53. The molecule has 1 aromatic carbocycles. The minimum atomic E-state index is -0.262. The van der Waals surface area contributed by atoms with E-state index in [-0.39, 0.29) is 18.4 Å². The molecule has 0 saturated heterocycles. The fourth-order valence-corrected chi connectivity index (χ4v) is 3.15. The highest BCUT2D eigenvalue weighted by Gasteiger charge is 2.20. The maximum atomic E-state index is 12.6. The topological polar surface area (TPSA) is 88.3 Å². The lowest BCUT2D eigenvalue weighted by Crippen LogP contribution is -2.38. The number of thiazole rings is 1. The maximum Gasteiger partial charge on any atom is 0.273 e. The largest absolute Gasteiger partial charge is 0.330 e. The lowest BCUT2D eigenvalue weighted by atomic mass is 10.3. The van der Waals surface area contributed by atoms with E-state index in [0.29, 0.717) is 35.9 Å². The molecule has 25 heavy (non-hydrogen) atoms. The Morgan fingerprint density at radius 3 is 2.68 bits per heavy atom. The minimum Gasteiger partial charge on any atom is -0.330 e. The molecular weight excluding hydrogens is 360 g/mol. The van der Waals surface area contributed by atoms with Crippen molar-refractivity contribution >= 4 is 40.4 Å². The molecule has 2 amide bonds. The summed E-state index contributed by atoms with van der Waals surface area (Å²) in [4.78, 5) is 30.7. The standard InChI is InChI=1S/C17H21ClN4O2S/c1-2-9-22(17(24)14-11-25-16(21-14)7-8-19)10-15(23)20-13-5-3-12(18)4-6-13/h3-6,11H,2,7-10,19H2,1H3,(H,20,23). The van der Waals surface area contributed by atoms with Crippen molar-refractivity contribution in [2.24, 2.45) is 5.73 Å². The van der Waals surface area contributed by atoms with Gasteiger partial charge in [0.2, 0.25) is 5.91 Å². The van der Waals surface area contributed by atoms with Crippen LogP contribution in [0.25, 0.3) is 0 Å². The van der Waals surface area contributed by atoms with Crippen molar-refractivity contribution in [3.05, 3.63) is 45.4 Å². The van der Waals surface area contributed by atoms with Crippen molar-refractivity contribution in [3.63, 3.8) is 0 Å². The van der Waals surface area contributed by atoms with Gasteiger partial charge in [-0.3, -0.25) is 9.59 Å². The highest BCUT2D eigenvalue weighted by molar-refractivity contribution is 7.09. The van der Waals surface area contributed by atoms with Gasteiger partial charge in [0.1, 0.15) is 12.2 Å². The number of nitrogens with zero attached hydrogens (tertiary/aromatic N) is 2. The van der Waals surface area contributed by atoms with E-state index < -0.39 is 0 Å². The van der Waals surface area contributed by atoms with E-state index in [1.165, 1.54) is 16.2 Å². The Kier molecular flexibility index (Phi) is 7.36. The Bertz CT molecular complexity index is 718. The number of carbonyl (C=O) groups is 2. The van der Waals surface area contributed by atoms with Gasteiger partial charge >= 0.3 is 0 Å². The second-order valence-corrected chi connectivity index (χ2v) is 6.83. The zero-order valence-corrected chi connectivity index (χ0v) is 15.6. The lowest BCUT2D eigenvalue weighted by Gasteiger charge is -2.20. The van der Waals surface area contributed by atoms with Gasteiger partial charge in [-0.15, -0.1) is 11.3 Å². The summed E-state index contributed by atoms with van der Waals surface area (Å²) in [6, 6.07) is 6.82. The van der Waals surface area contributed by atoms with Gasteiger partial charge in [0.25, 0.3) is 5.91 Å². The van der Waals surface area contributed by atoms with Gasteiger partial charge < -0.3 is 16.0 Å². The molecule has 0 saturated carbocycles. The van der Waals surface area contributed by atoms with E-state index in [0.717, 1.165) is 11.4 Å². The number of nitrogens with two attached hydrogens (primary N) is 1. The number of nitrogens with one attached hydrogen (secondary N) is 1. The predicted molar refractivity (Wildman–Crippen MR) is 101 cm³/mol. The van der Waals surface area contributed by atoms with Crippen molar-refractivity contribution in [3.8, 4) is 0 Å². The molecule has 1 heterocycles. The molecule has 0 bridgehead atoms. The monoisotopic (exact) mass is 380 g/mol. The van der Waals surface area contributed by atoms with Gasteiger partial charge in [0.15, 0.2) is 0 Å². The summed E-state index contributed by atoms with van der Waals surface area (Å²) < 4.78 is 0. The zero-order valence-electron chi connectivity index (χ0n) is 14.0. The van der Waals surface area contributed by atoms with Crippen molar-refractivity contribution in [1.29, 1.82) is 0 Å². The summed E-state index contributed by atoms with van der Waals surface area (Å²) in [5.74, 6) is -0.505. The molecule has 0 fully saturated rings. The molecule has 2 rings (SSSR count). The van der Waals surface area contributed by atoms with Crippen LogP contribution in [0.3, 0.4) is 0 Å². The molecule has 3 N–H and O–H groups in total. The molecule has 0 unspecified atom stereocenters. The SMILES string of the molecule is CCCN(CC(=O)Nc1ccc(Cl)cc1)C(=O)c1csc(CCN)n1. The number of halogens is 1. The van der Waals surface area contributed by atoms with E-state index in [4.69, 9.17) is 17.3 Å². The minimum absolute atomic E-state index is 0.0287. The van der Waals surface area contributed by atoms with Gasteiger partial charge in [-0.1, -0.05) is 18.5 Å². The normalized spacial score (nSPS) is 10.5. The van der Waals surface area contributed by atoms with Crippen molar-refractivity contribution in [2.45, 2.75) is 19.8 Å². The van der Waals surface area contributed by atoms with Crippen LogP contribution in [0, 0.1) is 0 Å². The Morgan fingerprint density at radius 1 is 1.32 bits per heavy atom. The molecule has 0 aliphatic rings. The summed E-state index contributed by atoms with van der Waals surface area (Å²) in [6.45, 7) is 2.90. The first kappa shape index (κ1) is 19.4. The number of benzene rings is 1. The average Bonchev–Trinajstić information content (AvgIpc) is 3.05. The van der Waals surface area contributed by atoms with Crippen LogP contribution < -0.4 is 11.1 Å². The van der Waals surface area contributed by atoms with Crippen LogP contribution in [0.2, 0.25) is 5.02 Å². The Balaban J connectivity index is 2.01. The van der Waals surface area contributed by atoms with Crippen molar-refractivity contribution < 1.29 is 9.59 Å². The summed E-state index contributed by atoms with van der Waals surface area (Å²) in [5, 5.41) is 5.90. The quantitative estimate of drug-likeness (QED) is 0.737. The van der Waals surface area contributed by atoms with Gasteiger partial charge in [-0.05, 0) is 37.2 Å². The van der Waals surface area contributed by atoms with Crippen LogP contribution in [-0.4, -0.2) is 41.3 Å². The van der Waals surface area contributed by atoms with E-state index in [1.807, 2.05) is 6.92 Å². The molecule has 0 atom stereocenters. The molecule has 0 radical (unpaired) electrons. The number of hydrogen-bond donors (Lipinski definition) is 2. The number of rotatable bonds is 8. The number of amides is 2. The number of anilines is 1. The van der Waals surface area contributed by atoms with Crippen LogP contribution in [0.4, 0.5) is 5.69 Å². The molecule has 0 aliphatic heterocycles. The van der Waals surface area contributed by atoms with E-state index >= 15 is 0 Å². The van der Waals surface area contributed by atoms with Gasteiger partial charge in [0, 0.05) is 29.1 Å². The molecular formula is C17H21ClN4O2S. The third kappa shape index (κ3) is 5.81. The van der Waals surface area contributed by atoms with Gasteiger partial charge in [-0.2, -0.15) is 0 Å². The molecule has 0 spiro atoms. The van der Waals surface area contributed by atoms with Crippen molar-refractivity contribution in [1.82, 2.24) is 9.88 Å². The predicted octanol–water partition coefficient (Wildman–Crippen LogP) is 2.79. The van der Waals surface area contributed by atoms with E-state index in [1.54, 1.807) is 29.6 Å². The summed E-state index contributed by atoms with van der Waals surface area (Å²) in [5.41, 5.74) is 6.51. The maximum absolute atomic E-state index is 12.6. The van der Waals surface area contributed by atoms with Crippen molar-refractivity contribution in [2.75, 3.05) is 25.0 Å². The first-order chi connectivity index (χ1) is 12.0. The first-order valence-electron chi connectivity index (χ1n) is 8.02. The molecule has 0 aliphatic carbocycles. The van der Waals surface area contributed by atoms with E-state index in [9.17, 15) is 9.59 Å². The highest BCUT2D eigenvalue weighted by Crippen LogP contribution is 2.15. The zero-order chi connectivity index (χ0) is 18.2. The fourth-order valence-electron chi connectivity index (χ4n) is 2.24. The number of aromatic nitrogens is 1. The van der Waals surface area contributed by atoms with E-state index in [2.05, 4.69) is 10.3 Å². The molecule has 6 nitrogen and oxygen atoms in total. The Hall–Kier alpha value is -1.96. The summed E-state index contributed by atoms with van der Waals surface area (Å²) in [6.07, 6.45) is 1.39. The van der Waals surface area contributed by atoms with Gasteiger partial charge in [-0.25, -0.2) is 4.98 Å². The first-order valence-corrected chi connectivity index (χ1v) is 9.28. The van der Waals surface area contributed by atoms with Crippen LogP contribution in [0.5, 0.6) is 0 Å². The van der Waals surface area contributed by atoms with Crippen LogP contribution in [0.15, 0.2) is 29.6 Å². The Labute approximate surface area is 156 Å². The second kappa shape index (κ2) is 9.50. The number of carbonyl (C=O) groups excluding carboxylic acids is 2. The molecule has 2 aromatic rings.